The molecule has 0 saturated carbocycles. The number of benzene rings is 1. The van der Waals surface area contributed by atoms with Gasteiger partial charge >= 0.3 is 0 Å². The molecule has 7 heteroatoms. The van der Waals surface area contributed by atoms with Crippen molar-refractivity contribution in [3.63, 3.8) is 0 Å². The maximum Gasteiger partial charge on any atom is 0.257 e. The van der Waals surface area contributed by atoms with Gasteiger partial charge in [-0.25, -0.2) is 4.98 Å². The van der Waals surface area contributed by atoms with Crippen LogP contribution in [0.3, 0.4) is 0 Å². The van der Waals surface area contributed by atoms with Crippen molar-refractivity contribution in [3.05, 3.63) is 50.7 Å². The quantitative estimate of drug-likeness (QED) is 0.628. The molecule has 0 aliphatic rings. The topological polar surface area (TPSA) is 68.0 Å². The van der Waals surface area contributed by atoms with Gasteiger partial charge in [0.05, 0.1) is 26.9 Å². The largest absolute Gasteiger partial charge is 0.399 e. The molecule has 2 rings (SSSR count). The van der Waals surface area contributed by atoms with Gasteiger partial charge < -0.3 is 11.1 Å². The maximum atomic E-state index is 12.0. The highest BCUT2D eigenvalue weighted by atomic mass is 79.9. The molecule has 0 radical (unpaired) electrons. The summed E-state index contributed by atoms with van der Waals surface area (Å²) in [4.78, 5) is 15.9. The molecule has 3 N–H and O–H groups in total. The Bertz CT molecular complexity index is 649. The molecule has 0 aliphatic heterocycles. The Kier molecular flexibility index (Phi) is 4.29. The summed E-state index contributed by atoms with van der Waals surface area (Å²) in [7, 11) is 0. The van der Waals surface area contributed by atoms with E-state index in [1.807, 2.05) is 0 Å². The van der Waals surface area contributed by atoms with E-state index < -0.39 is 0 Å². The third-order valence-corrected chi connectivity index (χ3v) is 3.74. The lowest BCUT2D eigenvalue weighted by Gasteiger charge is -2.07. The molecule has 1 amide bonds. The van der Waals surface area contributed by atoms with Crippen LogP contribution in [0, 0.1) is 0 Å². The van der Waals surface area contributed by atoms with Crippen molar-refractivity contribution in [1.82, 2.24) is 4.98 Å². The first-order chi connectivity index (χ1) is 8.97. The van der Waals surface area contributed by atoms with E-state index in [-0.39, 0.29) is 5.91 Å². The van der Waals surface area contributed by atoms with Crippen molar-refractivity contribution >= 4 is 56.4 Å². The summed E-state index contributed by atoms with van der Waals surface area (Å²) in [6.45, 7) is 0. The number of anilines is 2. The Morgan fingerprint density at radius 2 is 2.05 bits per heavy atom. The third-order valence-electron chi connectivity index (χ3n) is 2.29. The van der Waals surface area contributed by atoms with Gasteiger partial charge in [-0.2, -0.15) is 0 Å². The standard InChI is InChI=1S/C12H8BrCl2N3O/c13-9-4-7(5-17-11(9)15)18-12(19)8-2-1-6(16)3-10(8)14/h1-5H,16H2,(H,18,19). The van der Waals surface area contributed by atoms with Crippen LogP contribution in [0.1, 0.15) is 10.4 Å². The van der Waals surface area contributed by atoms with Crippen LogP contribution >= 0.6 is 39.1 Å². The fourth-order valence-corrected chi connectivity index (χ4v) is 2.13. The van der Waals surface area contributed by atoms with Gasteiger partial charge in [-0.1, -0.05) is 23.2 Å². The molecular weight excluding hydrogens is 353 g/mol. The zero-order chi connectivity index (χ0) is 14.0. The molecular formula is C12H8BrCl2N3O. The second-order valence-corrected chi connectivity index (χ2v) is 5.31. The van der Waals surface area contributed by atoms with Crippen LogP contribution in [0.5, 0.6) is 0 Å². The molecule has 0 spiro atoms. The number of nitrogens with zero attached hydrogens (tertiary/aromatic N) is 1. The van der Waals surface area contributed by atoms with Crippen molar-refractivity contribution in [2.75, 3.05) is 11.1 Å². The number of carbonyl (C=O) groups is 1. The number of nitrogen functional groups attached to an aromatic ring is 1. The molecule has 1 aromatic heterocycles. The molecule has 0 unspecified atom stereocenters. The summed E-state index contributed by atoms with van der Waals surface area (Å²) in [6, 6.07) is 6.34. The molecule has 0 aliphatic carbocycles. The smallest absolute Gasteiger partial charge is 0.257 e. The Labute approximate surface area is 128 Å². The number of pyridine rings is 1. The summed E-state index contributed by atoms with van der Waals surface area (Å²) in [6.07, 6.45) is 1.45. The lowest BCUT2D eigenvalue weighted by molar-refractivity contribution is 0.102. The molecule has 4 nitrogen and oxygen atoms in total. The van der Waals surface area contributed by atoms with Crippen LogP contribution in [-0.4, -0.2) is 10.9 Å². The minimum atomic E-state index is -0.346. The average molecular weight is 361 g/mol. The van der Waals surface area contributed by atoms with Crippen molar-refractivity contribution in [3.8, 4) is 0 Å². The molecule has 2 aromatic rings. The fraction of sp³-hybridized carbons (Fsp3) is 0. The SMILES string of the molecule is Nc1ccc(C(=O)Nc2cnc(Cl)c(Br)c2)c(Cl)c1. The van der Waals surface area contributed by atoms with Crippen LogP contribution in [0.15, 0.2) is 34.9 Å². The number of aromatic nitrogens is 1. The van der Waals surface area contributed by atoms with Crippen LogP contribution in [-0.2, 0) is 0 Å². The van der Waals surface area contributed by atoms with Gasteiger partial charge in [0.1, 0.15) is 5.15 Å². The van der Waals surface area contributed by atoms with Crippen LogP contribution in [0.25, 0.3) is 0 Å². The molecule has 0 bridgehead atoms. The molecule has 98 valence electrons. The Morgan fingerprint density at radius 3 is 2.68 bits per heavy atom. The average Bonchev–Trinajstić information content (AvgIpc) is 2.33. The predicted octanol–water partition coefficient (Wildman–Crippen LogP) is 3.99. The van der Waals surface area contributed by atoms with E-state index in [9.17, 15) is 4.79 Å². The summed E-state index contributed by atoms with van der Waals surface area (Å²) >= 11 is 15.0. The van der Waals surface area contributed by atoms with Crippen molar-refractivity contribution in [2.45, 2.75) is 0 Å². The summed E-state index contributed by atoms with van der Waals surface area (Å²) < 4.78 is 0.593. The van der Waals surface area contributed by atoms with E-state index in [4.69, 9.17) is 28.9 Å². The van der Waals surface area contributed by atoms with Gasteiger partial charge in [-0.3, -0.25) is 4.79 Å². The Balaban J connectivity index is 2.23. The molecule has 0 saturated heterocycles. The summed E-state index contributed by atoms with van der Waals surface area (Å²) in [5.74, 6) is -0.346. The third kappa shape index (κ3) is 3.37. The summed E-state index contributed by atoms with van der Waals surface area (Å²) in [5.41, 5.74) is 6.91. The zero-order valence-electron chi connectivity index (χ0n) is 9.45. The van der Waals surface area contributed by atoms with Crippen molar-refractivity contribution in [1.29, 1.82) is 0 Å². The van der Waals surface area contributed by atoms with Gasteiger partial charge in [0.25, 0.3) is 5.91 Å². The number of hydrogen-bond donors (Lipinski definition) is 2. The van der Waals surface area contributed by atoms with Crippen LogP contribution in [0.2, 0.25) is 10.2 Å². The lowest BCUT2D eigenvalue weighted by Crippen LogP contribution is -2.12. The number of halogens is 3. The normalized spacial score (nSPS) is 10.3. The predicted molar refractivity (Wildman–Crippen MR) is 80.8 cm³/mol. The highest BCUT2D eigenvalue weighted by Gasteiger charge is 2.11. The molecule has 0 fully saturated rings. The number of nitrogens with one attached hydrogen (secondary N) is 1. The molecule has 1 aromatic carbocycles. The first kappa shape index (κ1) is 14.1. The van der Waals surface area contributed by atoms with E-state index in [1.165, 1.54) is 12.3 Å². The molecule has 0 atom stereocenters. The van der Waals surface area contributed by atoms with E-state index in [0.29, 0.717) is 31.6 Å². The minimum absolute atomic E-state index is 0.290. The second-order valence-electron chi connectivity index (χ2n) is 3.69. The lowest BCUT2D eigenvalue weighted by atomic mass is 10.2. The Morgan fingerprint density at radius 1 is 1.32 bits per heavy atom. The fourth-order valence-electron chi connectivity index (χ4n) is 1.40. The first-order valence-corrected chi connectivity index (χ1v) is 6.69. The van der Waals surface area contributed by atoms with E-state index in [2.05, 4.69) is 26.2 Å². The van der Waals surface area contributed by atoms with Gasteiger partial charge in [0.2, 0.25) is 0 Å². The van der Waals surface area contributed by atoms with E-state index >= 15 is 0 Å². The number of nitrogens with two attached hydrogens (primary N) is 1. The number of rotatable bonds is 2. The van der Waals surface area contributed by atoms with Crippen molar-refractivity contribution in [2.24, 2.45) is 0 Å². The molecule has 19 heavy (non-hydrogen) atoms. The minimum Gasteiger partial charge on any atom is -0.399 e. The van der Waals surface area contributed by atoms with Crippen LogP contribution in [0.4, 0.5) is 11.4 Å². The van der Waals surface area contributed by atoms with Gasteiger partial charge in [0, 0.05) is 5.69 Å². The summed E-state index contributed by atoms with van der Waals surface area (Å²) in [5, 5.41) is 3.28. The highest BCUT2D eigenvalue weighted by Crippen LogP contribution is 2.24. The monoisotopic (exact) mass is 359 g/mol. The second kappa shape index (κ2) is 5.77. The van der Waals surface area contributed by atoms with Crippen molar-refractivity contribution < 1.29 is 4.79 Å². The van der Waals surface area contributed by atoms with Gasteiger partial charge in [-0.05, 0) is 40.2 Å². The number of carbonyl (C=O) groups excluding carboxylic acids is 1. The first-order valence-electron chi connectivity index (χ1n) is 5.15. The number of hydrogen-bond acceptors (Lipinski definition) is 3. The zero-order valence-corrected chi connectivity index (χ0v) is 12.6. The van der Waals surface area contributed by atoms with Crippen LogP contribution < -0.4 is 11.1 Å². The maximum absolute atomic E-state index is 12.0. The van der Waals surface area contributed by atoms with E-state index in [1.54, 1.807) is 18.2 Å². The van der Waals surface area contributed by atoms with E-state index in [0.717, 1.165) is 0 Å². The highest BCUT2D eigenvalue weighted by molar-refractivity contribution is 9.10. The number of amides is 1. The van der Waals surface area contributed by atoms with Gasteiger partial charge in [0.15, 0.2) is 0 Å². The van der Waals surface area contributed by atoms with Gasteiger partial charge in [-0.15, -0.1) is 0 Å². The Hall–Kier alpha value is -1.30. The molecule has 1 heterocycles.